The number of hydrogen-bond acceptors (Lipinski definition) is 3. The van der Waals surface area contributed by atoms with E-state index in [9.17, 15) is 4.79 Å². The van der Waals surface area contributed by atoms with Gasteiger partial charge in [0.25, 0.3) is 0 Å². The number of carbonyl (C=O) groups excluding carboxylic acids is 1. The summed E-state index contributed by atoms with van der Waals surface area (Å²) >= 11 is 0. The topological polar surface area (TPSA) is 23.6 Å². The number of rotatable bonds is 4. The van der Waals surface area contributed by atoms with Crippen molar-refractivity contribution in [2.45, 2.75) is 38.6 Å². The fraction of sp³-hybridized carbons (Fsp3) is 0.611. The zero-order valence-electron chi connectivity index (χ0n) is 13.1. The number of Topliss-reactive ketones (excluding diaryl/α,β-unsaturated/α-hetero) is 1. The summed E-state index contributed by atoms with van der Waals surface area (Å²) in [5.74, 6) is 0.292. The lowest BCUT2D eigenvalue weighted by Gasteiger charge is -2.25. The smallest absolute Gasteiger partial charge is 0.164 e. The molecule has 1 aromatic rings. The third-order valence-electron chi connectivity index (χ3n) is 4.99. The Morgan fingerprint density at radius 2 is 2.00 bits per heavy atom. The zero-order valence-corrected chi connectivity index (χ0v) is 13.1. The highest BCUT2D eigenvalue weighted by Crippen LogP contribution is 2.21. The monoisotopic (exact) mass is 286 g/mol. The normalized spacial score (nSPS) is 23.8. The molecule has 3 nitrogen and oxygen atoms in total. The first-order valence-corrected chi connectivity index (χ1v) is 8.29. The number of carbonyl (C=O) groups is 1. The number of ketones is 1. The van der Waals surface area contributed by atoms with Gasteiger partial charge in [0.1, 0.15) is 0 Å². The van der Waals surface area contributed by atoms with Gasteiger partial charge in [-0.3, -0.25) is 9.69 Å². The fourth-order valence-corrected chi connectivity index (χ4v) is 3.77. The molecule has 0 N–H and O–H groups in total. The van der Waals surface area contributed by atoms with Gasteiger partial charge in [0, 0.05) is 31.1 Å². The van der Waals surface area contributed by atoms with Gasteiger partial charge in [-0.1, -0.05) is 24.3 Å². The van der Waals surface area contributed by atoms with Crippen molar-refractivity contribution in [3.05, 3.63) is 35.4 Å². The van der Waals surface area contributed by atoms with Crippen LogP contribution in [0, 0.1) is 6.92 Å². The summed E-state index contributed by atoms with van der Waals surface area (Å²) in [7, 11) is 0. The van der Waals surface area contributed by atoms with E-state index in [1.54, 1.807) is 0 Å². The lowest BCUT2D eigenvalue weighted by Crippen LogP contribution is -2.37. The Morgan fingerprint density at radius 1 is 1.19 bits per heavy atom. The Kier molecular flexibility index (Phi) is 4.71. The second kappa shape index (κ2) is 6.71. The average molecular weight is 286 g/mol. The van der Waals surface area contributed by atoms with Gasteiger partial charge < -0.3 is 4.90 Å². The molecule has 0 spiro atoms. The van der Waals surface area contributed by atoms with Crippen LogP contribution in [-0.4, -0.2) is 54.3 Å². The van der Waals surface area contributed by atoms with Crippen LogP contribution < -0.4 is 0 Å². The number of nitrogens with zero attached hydrogens (tertiary/aromatic N) is 2. The summed E-state index contributed by atoms with van der Waals surface area (Å²) in [6, 6.07) is 8.67. The van der Waals surface area contributed by atoms with Crippen LogP contribution in [0.15, 0.2) is 24.3 Å². The highest BCUT2D eigenvalue weighted by Gasteiger charge is 2.28. The summed E-state index contributed by atoms with van der Waals surface area (Å²) in [4.78, 5) is 17.5. The fourth-order valence-electron chi connectivity index (χ4n) is 3.77. The van der Waals surface area contributed by atoms with Crippen LogP contribution in [0.4, 0.5) is 0 Å². The maximum absolute atomic E-state index is 12.4. The van der Waals surface area contributed by atoms with Crippen molar-refractivity contribution in [2.24, 2.45) is 0 Å². The van der Waals surface area contributed by atoms with Crippen LogP contribution in [0.3, 0.4) is 0 Å². The molecule has 2 saturated heterocycles. The first-order valence-electron chi connectivity index (χ1n) is 8.29. The lowest BCUT2D eigenvalue weighted by molar-refractivity contribution is 0.0961. The Hall–Kier alpha value is -1.19. The van der Waals surface area contributed by atoms with E-state index in [-0.39, 0.29) is 0 Å². The van der Waals surface area contributed by atoms with Crippen LogP contribution in [0.1, 0.15) is 41.6 Å². The summed E-state index contributed by atoms with van der Waals surface area (Å²) in [5, 5.41) is 0. The molecule has 114 valence electrons. The van der Waals surface area contributed by atoms with Gasteiger partial charge in [-0.05, 0) is 51.4 Å². The summed E-state index contributed by atoms with van der Waals surface area (Å²) < 4.78 is 0. The predicted octanol–water partition coefficient (Wildman–Crippen LogP) is 2.74. The first-order chi connectivity index (χ1) is 10.2. The SMILES string of the molecule is Cc1ccccc1C(=O)CCN1CCCN2CCCC2C1. The van der Waals surface area contributed by atoms with E-state index < -0.39 is 0 Å². The summed E-state index contributed by atoms with van der Waals surface area (Å²) in [5.41, 5.74) is 2.00. The molecule has 2 fully saturated rings. The van der Waals surface area contributed by atoms with Gasteiger partial charge in [0.2, 0.25) is 0 Å². The molecule has 1 atom stereocenters. The molecule has 2 heterocycles. The van der Waals surface area contributed by atoms with Gasteiger partial charge in [-0.25, -0.2) is 0 Å². The van der Waals surface area contributed by atoms with E-state index in [4.69, 9.17) is 0 Å². The van der Waals surface area contributed by atoms with E-state index in [1.165, 1.54) is 32.4 Å². The lowest BCUT2D eigenvalue weighted by atomic mass is 10.0. The molecule has 0 aliphatic carbocycles. The average Bonchev–Trinajstić information content (AvgIpc) is 2.83. The quantitative estimate of drug-likeness (QED) is 0.795. The van der Waals surface area contributed by atoms with Gasteiger partial charge in [0.15, 0.2) is 5.78 Å². The molecule has 2 aliphatic heterocycles. The number of hydrogen-bond donors (Lipinski definition) is 0. The third-order valence-corrected chi connectivity index (χ3v) is 4.99. The molecule has 1 aromatic carbocycles. The maximum atomic E-state index is 12.4. The van der Waals surface area contributed by atoms with Gasteiger partial charge in [-0.15, -0.1) is 0 Å². The molecule has 0 bridgehead atoms. The second-order valence-electron chi connectivity index (χ2n) is 6.47. The largest absolute Gasteiger partial charge is 0.301 e. The third kappa shape index (κ3) is 3.53. The van der Waals surface area contributed by atoms with Crippen molar-refractivity contribution < 1.29 is 4.79 Å². The molecule has 2 aliphatic rings. The van der Waals surface area contributed by atoms with Crippen LogP contribution >= 0.6 is 0 Å². The molecule has 0 saturated carbocycles. The van der Waals surface area contributed by atoms with E-state index in [1.807, 2.05) is 31.2 Å². The highest BCUT2D eigenvalue weighted by atomic mass is 16.1. The maximum Gasteiger partial charge on any atom is 0.164 e. The molecule has 0 amide bonds. The van der Waals surface area contributed by atoms with Gasteiger partial charge in [-0.2, -0.15) is 0 Å². The molecule has 0 radical (unpaired) electrons. The standard InChI is InChI=1S/C18H26N2O/c1-15-6-2-3-8-17(15)18(21)9-13-19-10-5-12-20-11-4-7-16(20)14-19/h2-3,6,8,16H,4-5,7,9-14H2,1H3. The summed E-state index contributed by atoms with van der Waals surface area (Å²) in [6.07, 6.45) is 4.58. The van der Waals surface area contributed by atoms with Crippen LogP contribution in [0.25, 0.3) is 0 Å². The molecule has 1 unspecified atom stereocenters. The van der Waals surface area contributed by atoms with Crippen molar-refractivity contribution in [2.75, 3.05) is 32.7 Å². The van der Waals surface area contributed by atoms with E-state index in [0.717, 1.165) is 36.8 Å². The Balaban J connectivity index is 1.55. The van der Waals surface area contributed by atoms with Crippen molar-refractivity contribution in [1.82, 2.24) is 9.80 Å². The molecule has 3 heteroatoms. The van der Waals surface area contributed by atoms with Crippen molar-refractivity contribution in [3.63, 3.8) is 0 Å². The molecule has 21 heavy (non-hydrogen) atoms. The second-order valence-corrected chi connectivity index (χ2v) is 6.47. The number of aryl methyl sites for hydroxylation is 1. The number of benzene rings is 1. The number of fused-ring (bicyclic) bond motifs is 1. The van der Waals surface area contributed by atoms with E-state index >= 15 is 0 Å². The van der Waals surface area contributed by atoms with Gasteiger partial charge in [0.05, 0.1) is 0 Å². The minimum absolute atomic E-state index is 0.292. The van der Waals surface area contributed by atoms with Crippen molar-refractivity contribution in [1.29, 1.82) is 0 Å². The van der Waals surface area contributed by atoms with E-state index in [0.29, 0.717) is 12.2 Å². The highest BCUT2D eigenvalue weighted by molar-refractivity contribution is 5.97. The minimum Gasteiger partial charge on any atom is -0.301 e. The minimum atomic E-state index is 0.292. The molecule has 3 rings (SSSR count). The molecule has 0 aromatic heterocycles. The van der Waals surface area contributed by atoms with E-state index in [2.05, 4.69) is 9.80 Å². The predicted molar refractivity (Wildman–Crippen MR) is 85.8 cm³/mol. The van der Waals surface area contributed by atoms with Crippen molar-refractivity contribution >= 4 is 5.78 Å². The Morgan fingerprint density at radius 3 is 2.86 bits per heavy atom. The van der Waals surface area contributed by atoms with Crippen LogP contribution in [0.5, 0.6) is 0 Å². The van der Waals surface area contributed by atoms with Crippen LogP contribution in [-0.2, 0) is 0 Å². The van der Waals surface area contributed by atoms with Gasteiger partial charge >= 0.3 is 0 Å². The molecular weight excluding hydrogens is 260 g/mol. The Bertz CT molecular complexity index is 500. The zero-order chi connectivity index (χ0) is 14.7. The van der Waals surface area contributed by atoms with Crippen molar-refractivity contribution in [3.8, 4) is 0 Å². The van der Waals surface area contributed by atoms with Crippen LogP contribution in [0.2, 0.25) is 0 Å². The Labute approximate surface area is 127 Å². The molecular formula is C18H26N2O. The first kappa shape index (κ1) is 14.7. The summed E-state index contributed by atoms with van der Waals surface area (Å²) in [6.45, 7) is 7.76.